The molecule has 0 spiro atoms. The Labute approximate surface area is 144 Å². The Morgan fingerprint density at radius 1 is 1.29 bits per heavy atom. The SMILES string of the molecule is CCOc1cnc(-c2cc3[nH]c(CNC(C)=O)cc3cc2Cl)cn1. The van der Waals surface area contributed by atoms with Crippen LogP contribution in [0, 0.1) is 0 Å². The molecule has 1 aromatic carbocycles. The van der Waals surface area contributed by atoms with E-state index in [-0.39, 0.29) is 5.91 Å². The molecule has 3 aromatic rings. The molecule has 6 nitrogen and oxygen atoms in total. The molecule has 0 radical (unpaired) electrons. The summed E-state index contributed by atoms with van der Waals surface area (Å²) in [4.78, 5) is 22.9. The molecule has 0 atom stereocenters. The Balaban J connectivity index is 1.93. The molecular weight excluding hydrogens is 328 g/mol. The van der Waals surface area contributed by atoms with Gasteiger partial charge in [-0.05, 0) is 25.1 Å². The van der Waals surface area contributed by atoms with Crippen LogP contribution in [0.2, 0.25) is 5.02 Å². The molecule has 0 saturated carbocycles. The number of aromatic nitrogens is 3. The zero-order chi connectivity index (χ0) is 17.1. The first-order chi connectivity index (χ1) is 11.6. The summed E-state index contributed by atoms with van der Waals surface area (Å²) in [6.45, 7) is 4.37. The maximum atomic E-state index is 11.0. The van der Waals surface area contributed by atoms with Crippen LogP contribution in [-0.2, 0) is 11.3 Å². The number of carbonyl (C=O) groups is 1. The van der Waals surface area contributed by atoms with Gasteiger partial charge in [0.25, 0.3) is 0 Å². The number of amides is 1. The molecular formula is C17H17ClN4O2. The van der Waals surface area contributed by atoms with Gasteiger partial charge in [0.05, 0.1) is 36.3 Å². The molecule has 0 bridgehead atoms. The summed E-state index contributed by atoms with van der Waals surface area (Å²) in [6, 6.07) is 5.77. The normalized spacial score (nSPS) is 10.8. The predicted octanol–water partition coefficient (Wildman–Crippen LogP) is 3.31. The van der Waals surface area contributed by atoms with Crippen LogP contribution in [0.1, 0.15) is 19.5 Å². The molecule has 3 rings (SSSR count). The molecule has 124 valence electrons. The van der Waals surface area contributed by atoms with Crippen molar-refractivity contribution in [1.29, 1.82) is 0 Å². The molecule has 0 unspecified atom stereocenters. The Morgan fingerprint density at radius 2 is 2.12 bits per heavy atom. The van der Waals surface area contributed by atoms with E-state index in [9.17, 15) is 4.79 Å². The minimum absolute atomic E-state index is 0.0722. The summed E-state index contributed by atoms with van der Waals surface area (Å²) in [5, 5.41) is 4.33. The highest BCUT2D eigenvalue weighted by Crippen LogP contribution is 2.31. The fourth-order valence-electron chi connectivity index (χ4n) is 2.40. The first-order valence-corrected chi connectivity index (χ1v) is 7.95. The van der Waals surface area contributed by atoms with Gasteiger partial charge in [0, 0.05) is 29.1 Å². The molecule has 0 aliphatic rings. The molecule has 1 amide bonds. The molecule has 2 aromatic heterocycles. The lowest BCUT2D eigenvalue weighted by atomic mass is 10.1. The van der Waals surface area contributed by atoms with E-state index in [1.807, 2.05) is 25.1 Å². The number of aromatic amines is 1. The van der Waals surface area contributed by atoms with Gasteiger partial charge >= 0.3 is 0 Å². The van der Waals surface area contributed by atoms with E-state index in [1.54, 1.807) is 12.4 Å². The van der Waals surface area contributed by atoms with Crippen LogP contribution >= 0.6 is 11.6 Å². The third-order valence-electron chi connectivity index (χ3n) is 3.49. The van der Waals surface area contributed by atoms with Crippen molar-refractivity contribution in [2.24, 2.45) is 0 Å². The number of carbonyl (C=O) groups excluding carboxylic acids is 1. The number of fused-ring (bicyclic) bond motifs is 1. The number of H-pyrrole nitrogens is 1. The number of ether oxygens (including phenoxy) is 1. The lowest BCUT2D eigenvalue weighted by molar-refractivity contribution is -0.119. The van der Waals surface area contributed by atoms with Gasteiger partial charge in [0.2, 0.25) is 11.8 Å². The number of nitrogens with zero attached hydrogens (tertiary/aromatic N) is 2. The third kappa shape index (κ3) is 3.49. The predicted molar refractivity (Wildman–Crippen MR) is 93.0 cm³/mol. The van der Waals surface area contributed by atoms with Crippen molar-refractivity contribution < 1.29 is 9.53 Å². The first-order valence-electron chi connectivity index (χ1n) is 7.57. The van der Waals surface area contributed by atoms with Gasteiger partial charge in [-0.3, -0.25) is 4.79 Å². The largest absolute Gasteiger partial charge is 0.477 e. The van der Waals surface area contributed by atoms with Crippen molar-refractivity contribution in [1.82, 2.24) is 20.3 Å². The Kier molecular flexibility index (Phi) is 4.66. The van der Waals surface area contributed by atoms with Crippen LogP contribution in [0.15, 0.2) is 30.6 Å². The second-order valence-electron chi connectivity index (χ2n) is 5.30. The van der Waals surface area contributed by atoms with Crippen molar-refractivity contribution in [3.63, 3.8) is 0 Å². The topological polar surface area (TPSA) is 79.9 Å². The zero-order valence-electron chi connectivity index (χ0n) is 13.4. The van der Waals surface area contributed by atoms with Crippen molar-refractivity contribution in [3.8, 4) is 17.1 Å². The molecule has 24 heavy (non-hydrogen) atoms. The highest BCUT2D eigenvalue weighted by Gasteiger charge is 2.10. The van der Waals surface area contributed by atoms with E-state index in [1.165, 1.54) is 6.92 Å². The molecule has 0 saturated heterocycles. The van der Waals surface area contributed by atoms with Crippen LogP contribution in [0.25, 0.3) is 22.2 Å². The van der Waals surface area contributed by atoms with E-state index in [0.717, 1.165) is 22.2 Å². The lowest BCUT2D eigenvalue weighted by Crippen LogP contribution is -2.18. The molecule has 0 aliphatic heterocycles. The number of benzene rings is 1. The molecule has 0 fully saturated rings. The number of rotatable bonds is 5. The van der Waals surface area contributed by atoms with Crippen molar-refractivity contribution in [3.05, 3.63) is 41.3 Å². The van der Waals surface area contributed by atoms with Gasteiger partial charge in [-0.2, -0.15) is 0 Å². The van der Waals surface area contributed by atoms with Crippen LogP contribution in [0.5, 0.6) is 5.88 Å². The van der Waals surface area contributed by atoms with E-state index >= 15 is 0 Å². The second kappa shape index (κ2) is 6.88. The van der Waals surface area contributed by atoms with Gasteiger partial charge in [0.15, 0.2) is 0 Å². The smallest absolute Gasteiger partial charge is 0.232 e. The number of halogens is 1. The van der Waals surface area contributed by atoms with E-state index < -0.39 is 0 Å². The summed E-state index contributed by atoms with van der Waals surface area (Å²) in [6.07, 6.45) is 3.22. The highest BCUT2D eigenvalue weighted by molar-refractivity contribution is 6.34. The Hall–Kier alpha value is -2.60. The summed E-state index contributed by atoms with van der Waals surface area (Å²) < 4.78 is 5.30. The number of hydrogen-bond acceptors (Lipinski definition) is 4. The van der Waals surface area contributed by atoms with Crippen molar-refractivity contribution in [2.45, 2.75) is 20.4 Å². The van der Waals surface area contributed by atoms with E-state index in [2.05, 4.69) is 20.3 Å². The minimum atomic E-state index is -0.0722. The van der Waals surface area contributed by atoms with Crippen LogP contribution < -0.4 is 10.1 Å². The molecule has 7 heteroatoms. The first kappa shape index (κ1) is 16.3. The van der Waals surface area contributed by atoms with Crippen LogP contribution in [0.3, 0.4) is 0 Å². The molecule has 2 heterocycles. The lowest BCUT2D eigenvalue weighted by Gasteiger charge is -2.05. The maximum absolute atomic E-state index is 11.0. The molecule has 0 aliphatic carbocycles. The van der Waals surface area contributed by atoms with E-state index in [4.69, 9.17) is 16.3 Å². The summed E-state index contributed by atoms with van der Waals surface area (Å²) in [5.74, 6) is 0.410. The van der Waals surface area contributed by atoms with Crippen molar-refractivity contribution >= 4 is 28.4 Å². The zero-order valence-corrected chi connectivity index (χ0v) is 14.1. The third-order valence-corrected chi connectivity index (χ3v) is 3.80. The Morgan fingerprint density at radius 3 is 2.79 bits per heavy atom. The minimum Gasteiger partial charge on any atom is -0.477 e. The van der Waals surface area contributed by atoms with Crippen LogP contribution in [-0.4, -0.2) is 27.5 Å². The number of hydrogen-bond donors (Lipinski definition) is 2. The fourth-order valence-corrected chi connectivity index (χ4v) is 2.67. The van der Waals surface area contributed by atoms with Gasteiger partial charge in [-0.15, -0.1) is 0 Å². The number of nitrogens with one attached hydrogen (secondary N) is 2. The monoisotopic (exact) mass is 344 g/mol. The van der Waals surface area contributed by atoms with Crippen molar-refractivity contribution in [2.75, 3.05) is 6.61 Å². The molecule has 2 N–H and O–H groups in total. The average Bonchev–Trinajstić information content (AvgIpc) is 2.95. The maximum Gasteiger partial charge on any atom is 0.232 e. The highest BCUT2D eigenvalue weighted by atomic mass is 35.5. The van der Waals surface area contributed by atoms with Gasteiger partial charge in [-0.25, -0.2) is 9.97 Å². The van der Waals surface area contributed by atoms with Gasteiger partial charge < -0.3 is 15.0 Å². The second-order valence-corrected chi connectivity index (χ2v) is 5.70. The summed E-state index contributed by atoms with van der Waals surface area (Å²) in [5.41, 5.74) is 3.28. The summed E-state index contributed by atoms with van der Waals surface area (Å²) >= 11 is 6.39. The standard InChI is InChI=1S/C17H17ClN4O2/c1-3-24-17-9-20-16(8-21-17)13-6-15-11(5-14(13)18)4-12(22-15)7-19-10(2)23/h4-6,8-9,22H,3,7H2,1-2H3,(H,19,23). The van der Waals surface area contributed by atoms with Gasteiger partial charge in [0.1, 0.15) is 0 Å². The van der Waals surface area contributed by atoms with E-state index in [0.29, 0.717) is 29.7 Å². The fraction of sp³-hybridized carbons (Fsp3) is 0.235. The van der Waals surface area contributed by atoms with Gasteiger partial charge in [-0.1, -0.05) is 11.6 Å². The summed E-state index contributed by atoms with van der Waals surface area (Å²) in [7, 11) is 0. The quantitative estimate of drug-likeness (QED) is 0.744. The average molecular weight is 345 g/mol. The Bertz CT molecular complexity index is 874. The van der Waals surface area contributed by atoms with Crippen LogP contribution in [0.4, 0.5) is 0 Å².